The standard InChI is InChI=1S/C16H32N2O3/c1-15(2,3)21-14(19)18-11-7-13(8-12-18)17-10-9-16(4,5)20-6/h13,17H,7-12H2,1-6H3. The van der Waals surface area contributed by atoms with E-state index in [2.05, 4.69) is 19.2 Å². The summed E-state index contributed by atoms with van der Waals surface area (Å²) >= 11 is 0. The molecule has 0 aromatic rings. The van der Waals surface area contributed by atoms with E-state index in [9.17, 15) is 4.79 Å². The molecule has 1 N–H and O–H groups in total. The molecule has 0 bridgehead atoms. The summed E-state index contributed by atoms with van der Waals surface area (Å²) in [5, 5.41) is 3.56. The molecule has 5 nitrogen and oxygen atoms in total. The molecule has 0 aromatic carbocycles. The molecule has 1 amide bonds. The fourth-order valence-corrected chi connectivity index (χ4v) is 2.27. The van der Waals surface area contributed by atoms with Gasteiger partial charge in [0.25, 0.3) is 0 Å². The molecular formula is C16H32N2O3. The van der Waals surface area contributed by atoms with Crippen molar-refractivity contribution in [1.82, 2.24) is 10.2 Å². The van der Waals surface area contributed by atoms with E-state index in [1.807, 2.05) is 25.7 Å². The molecule has 1 saturated heterocycles. The van der Waals surface area contributed by atoms with Crippen LogP contribution in [0.1, 0.15) is 53.9 Å². The molecule has 124 valence electrons. The Morgan fingerprint density at radius 3 is 2.24 bits per heavy atom. The number of hydrogen-bond donors (Lipinski definition) is 1. The number of rotatable bonds is 5. The van der Waals surface area contributed by atoms with Crippen LogP contribution in [0.2, 0.25) is 0 Å². The minimum atomic E-state index is -0.419. The smallest absolute Gasteiger partial charge is 0.410 e. The monoisotopic (exact) mass is 300 g/mol. The van der Waals surface area contributed by atoms with Gasteiger partial charge in [0.2, 0.25) is 0 Å². The number of carbonyl (C=O) groups is 1. The first kappa shape index (κ1) is 18.2. The third kappa shape index (κ3) is 7.14. The predicted molar refractivity (Wildman–Crippen MR) is 84.5 cm³/mol. The average Bonchev–Trinajstić information content (AvgIpc) is 2.37. The van der Waals surface area contributed by atoms with E-state index < -0.39 is 5.60 Å². The SMILES string of the molecule is COC(C)(C)CCNC1CCN(C(=O)OC(C)(C)C)CC1. The largest absolute Gasteiger partial charge is 0.444 e. The second-order valence-corrected chi connectivity index (χ2v) is 7.41. The van der Waals surface area contributed by atoms with Crippen LogP contribution in [0, 0.1) is 0 Å². The topological polar surface area (TPSA) is 50.8 Å². The van der Waals surface area contributed by atoms with Crippen molar-refractivity contribution in [2.24, 2.45) is 0 Å². The zero-order valence-electron chi connectivity index (χ0n) is 14.5. The summed E-state index contributed by atoms with van der Waals surface area (Å²) in [4.78, 5) is 13.8. The predicted octanol–water partition coefficient (Wildman–Crippen LogP) is 2.79. The Hall–Kier alpha value is -0.810. The highest BCUT2D eigenvalue weighted by Gasteiger charge is 2.26. The van der Waals surface area contributed by atoms with Gasteiger partial charge in [0.1, 0.15) is 5.60 Å². The van der Waals surface area contributed by atoms with Gasteiger partial charge in [-0.15, -0.1) is 0 Å². The van der Waals surface area contributed by atoms with Crippen LogP contribution in [0.25, 0.3) is 0 Å². The van der Waals surface area contributed by atoms with Gasteiger partial charge in [-0.25, -0.2) is 4.79 Å². The van der Waals surface area contributed by atoms with Gasteiger partial charge in [-0.05, 0) is 60.4 Å². The summed E-state index contributed by atoms with van der Waals surface area (Å²) in [5.41, 5.74) is -0.498. The molecule has 1 aliphatic rings. The molecule has 0 aromatic heterocycles. The van der Waals surface area contributed by atoms with E-state index in [0.29, 0.717) is 6.04 Å². The van der Waals surface area contributed by atoms with Crippen molar-refractivity contribution in [1.29, 1.82) is 0 Å². The lowest BCUT2D eigenvalue weighted by atomic mass is 10.0. The number of nitrogens with one attached hydrogen (secondary N) is 1. The Bertz CT molecular complexity index is 329. The normalized spacial score (nSPS) is 17.9. The first-order valence-electron chi connectivity index (χ1n) is 7.89. The van der Waals surface area contributed by atoms with Crippen molar-refractivity contribution in [3.05, 3.63) is 0 Å². The molecule has 0 spiro atoms. The van der Waals surface area contributed by atoms with Crippen LogP contribution in [-0.4, -0.2) is 55.0 Å². The summed E-state index contributed by atoms with van der Waals surface area (Å²) in [6.45, 7) is 12.4. The number of nitrogens with zero attached hydrogens (tertiary/aromatic N) is 1. The van der Waals surface area contributed by atoms with Crippen LogP contribution in [0.15, 0.2) is 0 Å². The highest BCUT2D eigenvalue weighted by molar-refractivity contribution is 5.68. The third-order valence-corrected chi connectivity index (χ3v) is 3.86. The molecule has 0 atom stereocenters. The Kier molecular flexibility index (Phi) is 6.47. The fourth-order valence-electron chi connectivity index (χ4n) is 2.27. The van der Waals surface area contributed by atoms with Crippen LogP contribution < -0.4 is 5.32 Å². The molecule has 0 aliphatic carbocycles. The van der Waals surface area contributed by atoms with E-state index in [-0.39, 0.29) is 11.7 Å². The number of hydrogen-bond acceptors (Lipinski definition) is 4. The lowest BCUT2D eigenvalue weighted by Crippen LogP contribution is -2.47. The van der Waals surface area contributed by atoms with Gasteiger partial charge < -0.3 is 19.7 Å². The zero-order chi connectivity index (χ0) is 16.1. The van der Waals surface area contributed by atoms with E-state index in [0.717, 1.165) is 38.9 Å². The lowest BCUT2D eigenvalue weighted by molar-refractivity contribution is 0.0133. The third-order valence-electron chi connectivity index (χ3n) is 3.86. The van der Waals surface area contributed by atoms with Gasteiger partial charge in [0.15, 0.2) is 0 Å². The molecule has 1 aliphatic heterocycles. The summed E-state index contributed by atoms with van der Waals surface area (Å²) in [6.07, 6.45) is 2.75. The van der Waals surface area contributed by atoms with E-state index in [4.69, 9.17) is 9.47 Å². The van der Waals surface area contributed by atoms with Gasteiger partial charge in [0.05, 0.1) is 5.60 Å². The maximum absolute atomic E-state index is 12.0. The second kappa shape index (κ2) is 7.45. The summed E-state index contributed by atoms with van der Waals surface area (Å²) < 4.78 is 10.8. The van der Waals surface area contributed by atoms with Crippen molar-refractivity contribution in [3.8, 4) is 0 Å². The number of carbonyl (C=O) groups excluding carboxylic acids is 1. The van der Waals surface area contributed by atoms with Crippen LogP contribution in [0.3, 0.4) is 0 Å². The van der Waals surface area contributed by atoms with E-state index in [1.54, 1.807) is 7.11 Å². The van der Waals surface area contributed by atoms with Crippen LogP contribution in [0.5, 0.6) is 0 Å². The van der Waals surface area contributed by atoms with Crippen LogP contribution in [-0.2, 0) is 9.47 Å². The van der Waals surface area contributed by atoms with Gasteiger partial charge in [-0.2, -0.15) is 0 Å². The molecular weight excluding hydrogens is 268 g/mol. The quantitative estimate of drug-likeness (QED) is 0.848. The van der Waals surface area contributed by atoms with Crippen LogP contribution in [0.4, 0.5) is 4.79 Å². The van der Waals surface area contributed by atoms with Gasteiger partial charge >= 0.3 is 6.09 Å². The molecule has 1 heterocycles. The minimum Gasteiger partial charge on any atom is -0.444 e. The highest BCUT2D eigenvalue weighted by Crippen LogP contribution is 2.16. The second-order valence-electron chi connectivity index (χ2n) is 7.41. The van der Waals surface area contributed by atoms with E-state index in [1.165, 1.54) is 0 Å². The number of ether oxygens (including phenoxy) is 2. The molecule has 0 radical (unpaired) electrons. The zero-order valence-corrected chi connectivity index (χ0v) is 14.5. The fraction of sp³-hybridized carbons (Fsp3) is 0.938. The first-order chi connectivity index (χ1) is 9.63. The Morgan fingerprint density at radius 1 is 1.19 bits per heavy atom. The molecule has 1 fully saturated rings. The Balaban J connectivity index is 2.25. The maximum Gasteiger partial charge on any atom is 0.410 e. The molecule has 1 rings (SSSR count). The van der Waals surface area contributed by atoms with E-state index >= 15 is 0 Å². The molecule has 5 heteroatoms. The number of methoxy groups -OCH3 is 1. The summed E-state index contributed by atoms with van der Waals surface area (Å²) in [7, 11) is 1.75. The minimum absolute atomic E-state index is 0.0792. The van der Waals surface area contributed by atoms with Crippen molar-refractivity contribution >= 4 is 6.09 Å². The Morgan fingerprint density at radius 2 is 1.76 bits per heavy atom. The van der Waals surface area contributed by atoms with Crippen molar-refractivity contribution in [2.45, 2.75) is 71.1 Å². The van der Waals surface area contributed by atoms with Gasteiger partial charge in [-0.1, -0.05) is 0 Å². The molecule has 0 unspecified atom stereocenters. The number of likely N-dealkylation sites (tertiary alicyclic amines) is 1. The Labute approximate surface area is 129 Å². The van der Waals surface area contributed by atoms with Crippen molar-refractivity contribution < 1.29 is 14.3 Å². The summed E-state index contributed by atoms with van der Waals surface area (Å²) in [6, 6.07) is 0.483. The number of piperidine rings is 1. The maximum atomic E-state index is 12.0. The highest BCUT2D eigenvalue weighted by atomic mass is 16.6. The van der Waals surface area contributed by atoms with Crippen LogP contribution >= 0.6 is 0 Å². The van der Waals surface area contributed by atoms with Gasteiger partial charge in [-0.3, -0.25) is 0 Å². The first-order valence-corrected chi connectivity index (χ1v) is 7.89. The van der Waals surface area contributed by atoms with Crippen molar-refractivity contribution in [2.75, 3.05) is 26.7 Å². The summed E-state index contributed by atoms with van der Waals surface area (Å²) in [5.74, 6) is 0. The van der Waals surface area contributed by atoms with Gasteiger partial charge in [0, 0.05) is 26.2 Å². The molecule has 0 saturated carbocycles. The average molecular weight is 300 g/mol. The van der Waals surface area contributed by atoms with Crippen molar-refractivity contribution in [3.63, 3.8) is 0 Å². The number of amides is 1. The molecule has 21 heavy (non-hydrogen) atoms. The lowest BCUT2D eigenvalue weighted by Gasteiger charge is -2.34.